The van der Waals surface area contributed by atoms with Crippen molar-refractivity contribution in [2.24, 2.45) is 0 Å². The fourth-order valence-electron chi connectivity index (χ4n) is 2.04. The van der Waals surface area contributed by atoms with Crippen LogP contribution in [0.1, 0.15) is 21.9 Å². The molecule has 4 N–H and O–H groups in total. The van der Waals surface area contributed by atoms with Crippen molar-refractivity contribution < 1.29 is 9.32 Å². The summed E-state index contributed by atoms with van der Waals surface area (Å²) < 4.78 is 5.03. The molecule has 0 saturated heterocycles. The van der Waals surface area contributed by atoms with Gasteiger partial charge in [-0.1, -0.05) is 5.16 Å². The normalized spacial score (nSPS) is 10.8. The van der Waals surface area contributed by atoms with Crippen LogP contribution in [0.3, 0.4) is 0 Å². The lowest BCUT2D eigenvalue weighted by Gasteiger charge is -1.99. The van der Waals surface area contributed by atoms with E-state index in [1.807, 2.05) is 19.1 Å². The highest BCUT2D eigenvalue weighted by Crippen LogP contribution is 2.18. The van der Waals surface area contributed by atoms with E-state index >= 15 is 0 Å². The summed E-state index contributed by atoms with van der Waals surface area (Å²) in [5.74, 6) is 0.421. The first kappa shape index (κ1) is 12.3. The third-order valence-electron chi connectivity index (χ3n) is 2.99. The minimum atomic E-state index is -0.200. The monoisotopic (exact) mass is 270 g/mol. The molecule has 0 spiro atoms. The van der Waals surface area contributed by atoms with E-state index in [0.717, 1.165) is 16.6 Å². The van der Waals surface area contributed by atoms with Gasteiger partial charge in [-0.25, -0.2) is 0 Å². The van der Waals surface area contributed by atoms with Crippen LogP contribution in [0, 0.1) is 6.92 Å². The van der Waals surface area contributed by atoms with Crippen molar-refractivity contribution in [3.05, 3.63) is 47.5 Å². The Morgan fingerprint density at radius 1 is 1.40 bits per heavy atom. The second kappa shape index (κ2) is 4.73. The number of nitrogens with two attached hydrogens (primary N) is 1. The summed E-state index contributed by atoms with van der Waals surface area (Å²) >= 11 is 0. The van der Waals surface area contributed by atoms with E-state index in [2.05, 4.69) is 15.5 Å². The van der Waals surface area contributed by atoms with E-state index in [4.69, 9.17) is 10.3 Å². The van der Waals surface area contributed by atoms with Crippen molar-refractivity contribution in [1.29, 1.82) is 0 Å². The molecule has 6 heteroatoms. The van der Waals surface area contributed by atoms with Gasteiger partial charge in [-0.15, -0.1) is 0 Å². The summed E-state index contributed by atoms with van der Waals surface area (Å²) in [4.78, 5) is 15.1. The van der Waals surface area contributed by atoms with Crippen molar-refractivity contribution in [2.45, 2.75) is 13.5 Å². The lowest BCUT2D eigenvalue weighted by molar-refractivity contribution is 0.0943. The van der Waals surface area contributed by atoms with Crippen LogP contribution in [0.2, 0.25) is 0 Å². The molecular formula is C14H14N4O2. The summed E-state index contributed by atoms with van der Waals surface area (Å²) in [5, 5.41) is 7.44. The summed E-state index contributed by atoms with van der Waals surface area (Å²) in [7, 11) is 0. The van der Waals surface area contributed by atoms with Gasteiger partial charge in [0.15, 0.2) is 5.76 Å². The van der Waals surface area contributed by atoms with Crippen LogP contribution >= 0.6 is 0 Å². The number of nitrogen functional groups attached to an aromatic ring is 1. The topological polar surface area (TPSA) is 96.9 Å². The van der Waals surface area contributed by atoms with E-state index in [1.54, 1.807) is 18.2 Å². The fraction of sp³-hybridized carbons (Fsp3) is 0.143. The smallest absolute Gasteiger partial charge is 0.268 e. The lowest BCUT2D eigenvalue weighted by Crippen LogP contribution is -2.22. The van der Waals surface area contributed by atoms with Crippen LogP contribution in [-0.2, 0) is 6.54 Å². The van der Waals surface area contributed by atoms with Crippen molar-refractivity contribution >= 4 is 22.5 Å². The fourth-order valence-corrected chi connectivity index (χ4v) is 2.04. The average molecular weight is 270 g/mol. The van der Waals surface area contributed by atoms with Gasteiger partial charge in [0, 0.05) is 22.7 Å². The first-order valence-corrected chi connectivity index (χ1v) is 6.20. The summed E-state index contributed by atoms with van der Waals surface area (Å²) in [6.45, 7) is 2.13. The van der Waals surface area contributed by atoms with Gasteiger partial charge in [-0.2, -0.15) is 0 Å². The van der Waals surface area contributed by atoms with E-state index in [1.165, 1.54) is 0 Å². The molecule has 6 nitrogen and oxygen atoms in total. The largest absolute Gasteiger partial charge is 0.399 e. The number of aromatic nitrogens is 2. The molecule has 1 aromatic carbocycles. The first-order valence-electron chi connectivity index (χ1n) is 6.20. The molecule has 3 aromatic rings. The minimum Gasteiger partial charge on any atom is -0.399 e. The molecule has 102 valence electrons. The van der Waals surface area contributed by atoms with Crippen molar-refractivity contribution in [1.82, 2.24) is 15.5 Å². The molecule has 0 fully saturated rings. The SMILES string of the molecule is Cc1cc(CNC(=O)c2cc3cc(N)ccc3[nH]2)on1. The molecule has 1 amide bonds. The Balaban J connectivity index is 1.75. The van der Waals surface area contributed by atoms with E-state index in [-0.39, 0.29) is 5.91 Å². The number of hydrogen-bond donors (Lipinski definition) is 3. The Morgan fingerprint density at radius 3 is 3.00 bits per heavy atom. The molecule has 0 saturated carbocycles. The van der Waals surface area contributed by atoms with E-state index in [9.17, 15) is 4.79 Å². The minimum absolute atomic E-state index is 0.200. The second-order valence-electron chi connectivity index (χ2n) is 4.65. The number of carbonyl (C=O) groups excluding carboxylic acids is 1. The summed E-state index contributed by atoms with van der Waals surface area (Å²) in [6, 6.07) is 9.01. The number of H-pyrrole nitrogens is 1. The predicted molar refractivity (Wildman–Crippen MR) is 75.1 cm³/mol. The number of hydrogen-bond acceptors (Lipinski definition) is 4. The number of anilines is 1. The molecule has 3 rings (SSSR count). The number of nitrogens with zero attached hydrogens (tertiary/aromatic N) is 1. The molecule has 2 aromatic heterocycles. The molecular weight excluding hydrogens is 256 g/mol. The quantitative estimate of drug-likeness (QED) is 0.634. The summed E-state index contributed by atoms with van der Waals surface area (Å²) in [6.07, 6.45) is 0. The molecule has 2 heterocycles. The van der Waals surface area contributed by atoms with Crippen LogP contribution < -0.4 is 11.1 Å². The summed E-state index contributed by atoms with van der Waals surface area (Å²) in [5.41, 5.74) is 8.53. The maximum absolute atomic E-state index is 12.0. The van der Waals surface area contributed by atoms with Crippen molar-refractivity contribution in [2.75, 3.05) is 5.73 Å². The number of amides is 1. The Bertz CT molecular complexity index is 772. The van der Waals surface area contributed by atoms with Gasteiger partial charge in [0.25, 0.3) is 5.91 Å². The molecule has 20 heavy (non-hydrogen) atoms. The Morgan fingerprint density at radius 2 is 2.25 bits per heavy atom. The Kier molecular flexibility index (Phi) is 2.90. The third kappa shape index (κ3) is 2.35. The molecule has 0 atom stereocenters. The molecule has 0 radical (unpaired) electrons. The lowest BCUT2D eigenvalue weighted by atomic mass is 10.2. The van der Waals surface area contributed by atoms with Gasteiger partial charge in [-0.3, -0.25) is 4.79 Å². The second-order valence-corrected chi connectivity index (χ2v) is 4.65. The zero-order valence-corrected chi connectivity index (χ0v) is 10.9. The number of rotatable bonds is 3. The maximum atomic E-state index is 12.0. The van der Waals surface area contributed by atoms with Crippen LogP contribution in [0.4, 0.5) is 5.69 Å². The maximum Gasteiger partial charge on any atom is 0.268 e. The highest BCUT2D eigenvalue weighted by Gasteiger charge is 2.10. The number of fused-ring (bicyclic) bond motifs is 1. The molecule has 0 bridgehead atoms. The highest BCUT2D eigenvalue weighted by atomic mass is 16.5. The zero-order chi connectivity index (χ0) is 14.1. The molecule has 0 aliphatic rings. The zero-order valence-electron chi connectivity index (χ0n) is 10.9. The molecule has 0 aliphatic heterocycles. The van der Waals surface area contributed by atoms with E-state index in [0.29, 0.717) is 23.7 Å². The average Bonchev–Trinajstić information content (AvgIpc) is 3.01. The van der Waals surface area contributed by atoms with Gasteiger partial charge >= 0.3 is 0 Å². The van der Waals surface area contributed by atoms with Crippen LogP contribution in [-0.4, -0.2) is 16.0 Å². The van der Waals surface area contributed by atoms with Crippen LogP contribution in [0.25, 0.3) is 10.9 Å². The van der Waals surface area contributed by atoms with Crippen LogP contribution in [0.15, 0.2) is 34.9 Å². The number of carbonyl (C=O) groups is 1. The number of nitrogens with one attached hydrogen (secondary N) is 2. The van der Waals surface area contributed by atoms with Gasteiger partial charge in [0.1, 0.15) is 5.69 Å². The Labute approximate surface area is 114 Å². The van der Waals surface area contributed by atoms with E-state index < -0.39 is 0 Å². The van der Waals surface area contributed by atoms with Crippen molar-refractivity contribution in [3.8, 4) is 0 Å². The molecule has 0 aliphatic carbocycles. The Hall–Kier alpha value is -2.76. The van der Waals surface area contributed by atoms with Gasteiger partial charge in [0.05, 0.1) is 12.2 Å². The molecule has 0 unspecified atom stereocenters. The number of aromatic amines is 1. The third-order valence-corrected chi connectivity index (χ3v) is 2.99. The predicted octanol–water partition coefficient (Wildman–Crippen LogP) is 1.98. The number of benzene rings is 1. The first-order chi connectivity index (χ1) is 9.61. The van der Waals surface area contributed by atoms with Gasteiger partial charge in [-0.05, 0) is 31.2 Å². The standard InChI is InChI=1S/C14H14N4O2/c1-8-4-11(20-18-8)7-16-14(19)13-6-9-5-10(15)2-3-12(9)17-13/h2-6,17H,7,15H2,1H3,(H,16,19). The highest BCUT2D eigenvalue weighted by molar-refractivity contribution is 5.98. The van der Waals surface area contributed by atoms with Crippen LogP contribution in [0.5, 0.6) is 0 Å². The van der Waals surface area contributed by atoms with Crippen molar-refractivity contribution in [3.63, 3.8) is 0 Å². The van der Waals surface area contributed by atoms with Gasteiger partial charge < -0.3 is 20.6 Å². The van der Waals surface area contributed by atoms with Gasteiger partial charge in [0.2, 0.25) is 0 Å². The number of aryl methyl sites for hydroxylation is 1.